The molecule has 4 aliphatic rings. The van der Waals surface area contributed by atoms with E-state index in [9.17, 15) is 4.39 Å². The average Bonchev–Trinajstić information content (AvgIpc) is 1.36. The Kier molecular flexibility index (Phi) is 18.2. The largest absolute Gasteiger partial charge is 0.508 e. The van der Waals surface area contributed by atoms with Gasteiger partial charge in [-0.25, -0.2) is 4.39 Å². The van der Waals surface area contributed by atoms with Crippen LogP contribution in [0, 0.1) is 26.6 Å². The Balaban J connectivity index is 0.000000108. The Morgan fingerprint density at radius 2 is 0.547 bits per heavy atom. The molecular formula is C111H71B2Br3FN5O6. The summed E-state index contributed by atoms with van der Waals surface area (Å²) in [5.74, 6) is 6.55. The number of aromatic nitrogens is 5. The van der Waals surface area contributed by atoms with Crippen LogP contribution in [0.4, 0.5) is 4.39 Å². The van der Waals surface area contributed by atoms with Crippen molar-refractivity contribution >= 4 is 203 Å². The Hall–Kier alpha value is -14.7. The zero-order valence-corrected chi connectivity index (χ0v) is 73.8. The number of hydrogen-bond acceptors (Lipinski definition) is 6. The van der Waals surface area contributed by atoms with Gasteiger partial charge in [0, 0.05) is 93.0 Å². The molecule has 17 heteroatoms. The van der Waals surface area contributed by atoms with Gasteiger partial charge in [-0.2, -0.15) is 0 Å². The van der Waals surface area contributed by atoms with E-state index in [0.29, 0.717) is 33.0 Å². The summed E-state index contributed by atoms with van der Waals surface area (Å²) in [7, 11) is 0. The van der Waals surface area contributed by atoms with Gasteiger partial charge in [-0.05, 0) is 235 Å². The second-order valence-electron chi connectivity index (χ2n) is 32.8. The summed E-state index contributed by atoms with van der Waals surface area (Å²) < 4.78 is 54.9. The number of benzene rings is 18. The highest BCUT2D eigenvalue weighted by Crippen LogP contribution is 2.48. The van der Waals surface area contributed by atoms with Gasteiger partial charge in [0.25, 0.3) is 13.4 Å². The molecule has 27 rings (SSSR count). The first kappa shape index (κ1) is 76.9. The number of hydrogen-bond donors (Lipinski definition) is 2. The molecule has 0 spiro atoms. The van der Waals surface area contributed by atoms with Crippen LogP contribution < -0.4 is 51.7 Å². The molecule has 0 fully saturated rings. The number of phenols is 2. The van der Waals surface area contributed by atoms with Gasteiger partial charge in [-0.1, -0.05) is 231 Å². The first-order valence-electron chi connectivity index (χ1n) is 42.6. The molecule has 0 atom stereocenters. The van der Waals surface area contributed by atoms with Crippen molar-refractivity contribution in [2.75, 3.05) is 0 Å². The summed E-state index contributed by atoms with van der Waals surface area (Å²) in [4.78, 5) is 0. The molecule has 128 heavy (non-hydrogen) atoms. The zero-order chi connectivity index (χ0) is 86.0. The summed E-state index contributed by atoms with van der Waals surface area (Å²) >= 11 is 11.2. The molecule has 0 saturated heterocycles. The van der Waals surface area contributed by atoms with Crippen molar-refractivity contribution in [1.29, 1.82) is 0 Å². The third-order valence-corrected chi connectivity index (χ3v) is 28.4. The fraction of sp³-hybridized carbons (Fsp3) is 0.0270. The van der Waals surface area contributed by atoms with E-state index in [1.165, 1.54) is 138 Å². The summed E-state index contributed by atoms with van der Waals surface area (Å²) in [5, 5.41) is 30.2. The van der Waals surface area contributed by atoms with Crippen LogP contribution in [-0.4, -0.2) is 46.5 Å². The topological polar surface area (TPSA) is 102 Å². The van der Waals surface area contributed by atoms with E-state index in [0.717, 1.165) is 93.2 Å². The minimum Gasteiger partial charge on any atom is -0.508 e. The maximum Gasteiger partial charge on any atom is 0.256 e. The number of rotatable bonds is 7. The Morgan fingerprint density at radius 1 is 0.266 bits per heavy atom. The van der Waals surface area contributed by atoms with Crippen LogP contribution in [-0.2, 0) is 0 Å². The minimum atomic E-state index is -0.255. The van der Waals surface area contributed by atoms with Crippen LogP contribution in [0.1, 0.15) is 16.7 Å². The first-order chi connectivity index (χ1) is 62.8. The maximum atomic E-state index is 13.9. The predicted octanol–water partition coefficient (Wildman–Crippen LogP) is 26.5. The summed E-state index contributed by atoms with van der Waals surface area (Å²) in [6.07, 6.45) is 0. The van der Waals surface area contributed by atoms with E-state index in [1.807, 2.05) is 79.7 Å². The fourth-order valence-corrected chi connectivity index (χ4v) is 21.8. The molecule has 0 bridgehead atoms. The van der Waals surface area contributed by atoms with E-state index in [4.69, 9.17) is 29.2 Å². The fourth-order valence-electron chi connectivity index (χ4n) is 20.4. The van der Waals surface area contributed by atoms with Gasteiger partial charge in [-0.15, -0.1) is 0 Å². The number of halogens is 4. The number of ether oxygens (including phenoxy) is 4. The quantitative estimate of drug-likeness (QED) is 0.154. The SMILES string of the molecule is Cc1c(O)cccc1O.Cc1c(Oc2cccc(-n3c4ccccc4c4ccccc43)c2Br)cccc1Oc1cccc(-n2c3ccccc3c3ccccc32)c1Br.Cc1c2c(cc3c1Oc1cccc4c1B3c1cccc3c5ccccc5n-4c13)B1c3c(cccc3-n3c4ccccc4c4cccc1c43)O2.Fc1cccc(-n2c3ccccc3c3ccccc32)c1Br. The normalized spacial score (nSPS) is 12.3. The lowest BCUT2D eigenvalue weighted by atomic mass is 9.31. The number of aromatic hydroxyl groups is 2. The monoisotopic (exact) mass is 1850 g/mol. The lowest BCUT2D eigenvalue weighted by Crippen LogP contribution is -2.62. The maximum absolute atomic E-state index is 13.9. The minimum absolute atomic E-state index is 0.0296. The standard InChI is InChI=1S/C43H24B2N2O2.C43H28Br2N2O2.C18H11BrFN.C7H8O2/c1-23-42-30(44-28-14-6-12-26-24-10-2-4-16-32(24)46(40(26)28)34-18-8-20-36(48-42)38(34)44)22-31-43(23)49-37-21-9-19-35-39(37)45(31)29-15-7-13-27-25-11-3-5-17-33(25)47(35)41(27)29;1-27-38(48-40-25-10-21-36(42(40)44)46-32-17-6-2-13-28(32)29-14-3-7-18-33(29)46)23-12-24-39(27)49-41-26-11-22-37(43(41)45)47-34-19-8-4-15-30(34)31-16-5-9-20-35(31)47;19-18-14(20)8-5-11-17(18)21-15-9-3-1-6-12(15)13-7-2-4-10-16(13)21;1-5-6(8)3-2-4-7(5)9/h2-22H,1H3;2-26H,1H3;1-11H;2-4,8-9H,1H3. The molecule has 2 N–H and O–H groups in total. The third-order valence-electron chi connectivity index (χ3n) is 26.0. The molecule has 18 aromatic carbocycles. The lowest BCUT2D eigenvalue weighted by molar-refractivity contribution is 0.443. The molecule has 9 heterocycles. The number of fused-ring (bicyclic) bond motifs is 23. The van der Waals surface area contributed by atoms with Crippen molar-refractivity contribution in [3.05, 3.63) is 400 Å². The molecule has 11 nitrogen and oxygen atoms in total. The van der Waals surface area contributed by atoms with Crippen molar-refractivity contribution in [3.63, 3.8) is 0 Å². The molecule has 4 aliphatic heterocycles. The summed E-state index contributed by atoms with van der Waals surface area (Å²) in [6, 6.07) is 125. The second-order valence-corrected chi connectivity index (χ2v) is 35.2. The van der Waals surface area contributed by atoms with Gasteiger partial charge < -0.3 is 52.0 Å². The highest BCUT2D eigenvalue weighted by Gasteiger charge is 2.46. The first-order valence-corrected chi connectivity index (χ1v) is 44.9. The number of phenolic OH excluding ortho intramolecular Hbond substituents is 2. The number of nitrogens with zero attached hydrogens (tertiary/aromatic N) is 5. The van der Waals surface area contributed by atoms with Crippen molar-refractivity contribution in [2.24, 2.45) is 0 Å². The lowest BCUT2D eigenvalue weighted by Gasteiger charge is -2.37. The number of para-hydroxylation sites is 10. The zero-order valence-electron chi connectivity index (χ0n) is 69.1. The molecule has 0 aliphatic carbocycles. The molecule has 610 valence electrons. The third kappa shape index (κ3) is 11.8. The van der Waals surface area contributed by atoms with Crippen LogP contribution in [0.5, 0.6) is 57.5 Å². The predicted molar refractivity (Wildman–Crippen MR) is 533 cm³/mol. The van der Waals surface area contributed by atoms with E-state index in [-0.39, 0.29) is 30.7 Å². The highest BCUT2D eigenvalue weighted by molar-refractivity contribution is 9.11. The van der Waals surface area contributed by atoms with E-state index in [2.05, 4.69) is 338 Å². The Morgan fingerprint density at radius 3 is 0.914 bits per heavy atom. The van der Waals surface area contributed by atoms with Crippen LogP contribution >= 0.6 is 47.8 Å². The summed E-state index contributed by atoms with van der Waals surface area (Å²) in [5.41, 5.74) is 27.0. The second kappa shape index (κ2) is 30.3. The molecule has 0 unspecified atom stereocenters. The van der Waals surface area contributed by atoms with Gasteiger partial charge in [0.05, 0.1) is 74.6 Å². The Bertz CT molecular complexity index is 8100. The average molecular weight is 1850 g/mol. The van der Waals surface area contributed by atoms with Gasteiger partial charge in [0.2, 0.25) is 0 Å². The molecule has 0 saturated carbocycles. The van der Waals surface area contributed by atoms with Crippen LogP contribution in [0.2, 0.25) is 0 Å². The summed E-state index contributed by atoms with van der Waals surface area (Å²) in [6.45, 7) is 5.93. The van der Waals surface area contributed by atoms with Crippen molar-refractivity contribution in [2.45, 2.75) is 20.8 Å². The molecule has 0 amide bonds. The highest BCUT2D eigenvalue weighted by atomic mass is 79.9. The molecule has 0 radical (unpaired) electrons. The van der Waals surface area contributed by atoms with Crippen LogP contribution in [0.25, 0.3) is 137 Å². The van der Waals surface area contributed by atoms with Crippen molar-refractivity contribution < 1.29 is 33.6 Å². The van der Waals surface area contributed by atoms with Gasteiger partial charge in [-0.3, -0.25) is 0 Å². The molecule has 5 aromatic heterocycles. The van der Waals surface area contributed by atoms with Crippen LogP contribution in [0.3, 0.4) is 0 Å². The smallest absolute Gasteiger partial charge is 0.256 e. The van der Waals surface area contributed by atoms with Crippen molar-refractivity contribution in [1.82, 2.24) is 22.8 Å². The van der Waals surface area contributed by atoms with E-state index >= 15 is 0 Å². The van der Waals surface area contributed by atoms with Crippen LogP contribution in [0.15, 0.2) is 377 Å². The molecule has 23 aromatic rings. The van der Waals surface area contributed by atoms with Crippen molar-refractivity contribution in [3.8, 4) is 85.9 Å². The van der Waals surface area contributed by atoms with Gasteiger partial charge in [0.1, 0.15) is 63.3 Å². The van der Waals surface area contributed by atoms with E-state index < -0.39 is 0 Å². The van der Waals surface area contributed by atoms with Gasteiger partial charge in [0.15, 0.2) is 0 Å². The Labute approximate surface area is 760 Å². The van der Waals surface area contributed by atoms with E-state index in [1.54, 1.807) is 19.1 Å². The van der Waals surface area contributed by atoms with Gasteiger partial charge >= 0.3 is 0 Å². The molecular weight excluding hydrogens is 1780 g/mol.